The molecule has 10 nitrogen and oxygen atoms in total. The molecule has 3 rings (SSSR count). The first kappa shape index (κ1) is 27.2. The summed E-state index contributed by atoms with van der Waals surface area (Å²) in [6.07, 6.45) is 2.41. The Labute approximate surface area is 216 Å². The van der Waals surface area contributed by atoms with Crippen molar-refractivity contribution in [1.29, 1.82) is 0 Å². The van der Waals surface area contributed by atoms with E-state index >= 15 is 0 Å². The number of anilines is 2. The summed E-state index contributed by atoms with van der Waals surface area (Å²) in [5.41, 5.74) is 5.01. The highest BCUT2D eigenvalue weighted by atomic mass is 32.2. The molecule has 0 aliphatic carbocycles. The Hall–Kier alpha value is -4.38. The van der Waals surface area contributed by atoms with E-state index in [1.165, 1.54) is 13.3 Å². The zero-order chi connectivity index (χ0) is 26.8. The van der Waals surface area contributed by atoms with E-state index in [9.17, 15) is 18.0 Å². The molecule has 37 heavy (non-hydrogen) atoms. The molecular formula is C26H28N4O6S. The van der Waals surface area contributed by atoms with Gasteiger partial charge in [-0.05, 0) is 61.0 Å². The van der Waals surface area contributed by atoms with Crippen molar-refractivity contribution >= 4 is 39.4 Å². The van der Waals surface area contributed by atoms with Crippen molar-refractivity contribution < 1.29 is 27.5 Å². The van der Waals surface area contributed by atoms with Gasteiger partial charge in [0.05, 0.1) is 25.3 Å². The number of carbonyl (C=O) groups is 2. The summed E-state index contributed by atoms with van der Waals surface area (Å²) in [5.74, 6) is -0.111. The third-order valence-electron chi connectivity index (χ3n) is 5.03. The zero-order valence-electron chi connectivity index (χ0n) is 20.7. The second-order valence-electron chi connectivity index (χ2n) is 8.01. The quantitative estimate of drug-likeness (QED) is 0.293. The lowest BCUT2D eigenvalue weighted by molar-refractivity contribution is -0.119. The lowest BCUT2D eigenvalue weighted by Gasteiger charge is -2.23. The molecule has 3 aromatic rings. The van der Waals surface area contributed by atoms with Gasteiger partial charge in [0, 0.05) is 5.69 Å². The largest absolute Gasteiger partial charge is 0.495 e. The summed E-state index contributed by atoms with van der Waals surface area (Å²) in [6, 6.07) is 20.7. The third-order valence-corrected chi connectivity index (χ3v) is 6.16. The number of hydrogen-bond acceptors (Lipinski definition) is 7. The molecule has 0 saturated heterocycles. The summed E-state index contributed by atoms with van der Waals surface area (Å²) in [7, 11) is -2.34. The van der Waals surface area contributed by atoms with E-state index in [1.807, 2.05) is 31.2 Å². The maximum atomic E-state index is 12.4. The maximum absolute atomic E-state index is 12.4. The molecule has 3 aromatic carbocycles. The fourth-order valence-electron chi connectivity index (χ4n) is 3.19. The number of para-hydroxylation sites is 2. The van der Waals surface area contributed by atoms with Gasteiger partial charge in [0.15, 0.2) is 6.61 Å². The fourth-order valence-corrected chi connectivity index (χ4v) is 4.05. The highest BCUT2D eigenvalue weighted by Gasteiger charge is 2.23. The maximum Gasteiger partial charge on any atom is 0.262 e. The lowest BCUT2D eigenvalue weighted by atomic mass is 10.2. The number of benzene rings is 3. The van der Waals surface area contributed by atoms with Crippen LogP contribution in [-0.4, -0.2) is 53.0 Å². The summed E-state index contributed by atoms with van der Waals surface area (Å²) < 4.78 is 36.2. The lowest BCUT2D eigenvalue weighted by Crippen LogP contribution is -2.39. The van der Waals surface area contributed by atoms with Crippen molar-refractivity contribution in [2.45, 2.75) is 6.92 Å². The van der Waals surface area contributed by atoms with Gasteiger partial charge in [0.1, 0.15) is 18.0 Å². The highest BCUT2D eigenvalue weighted by Crippen LogP contribution is 2.29. The normalized spacial score (nSPS) is 11.1. The number of carbonyl (C=O) groups excluding carboxylic acids is 2. The van der Waals surface area contributed by atoms with Crippen molar-refractivity contribution in [1.82, 2.24) is 5.43 Å². The number of nitrogens with zero attached hydrogens (tertiary/aromatic N) is 2. The average Bonchev–Trinajstić information content (AvgIpc) is 2.87. The molecule has 0 aromatic heterocycles. The molecule has 0 spiro atoms. The molecule has 2 N–H and O–H groups in total. The van der Waals surface area contributed by atoms with Crippen LogP contribution in [0.1, 0.15) is 11.1 Å². The second kappa shape index (κ2) is 12.5. The number of methoxy groups -OCH3 is 1. The molecule has 0 aliphatic heterocycles. The minimum atomic E-state index is -3.76. The Kier molecular flexibility index (Phi) is 9.22. The predicted octanol–water partition coefficient (Wildman–Crippen LogP) is 2.94. The van der Waals surface area contributed by atoms with E-state index in [-0.39, 0.29) is 18.2 Å². The summed E-state index contributed by atoms with van der Waals surface area (Å²) in [4.78, 5) is 24.4. The minimum absolute atomic E-state index is 0.152. The summed E-state index contributed by atoms with van der Waals surface area (Å²) in [5, 5.41) is 6.64. The van der Waals surface area contributed by atoms with E-state index in [4.69, 9.17) is 9.47 Å². The smallest absolute Gasteiger partial charge is 0.262 e. The standard InChI is InChI=1S/C26H28N4O6S/c1-19-8-12-21(13-9-19)28-26(32)18-36-22-14-10-20(11-15-22)16-27-29-25(31)17-30(37(3,33)34)23-6-4-5-7-24(23)35-2/h4-16H,17-18H2,1-3H3,(H,28,32)(H,29,31)/b27-16+. The predicted molar refractivity (Wildman–Crippen MR) is 143 cm³/mol. The first-order chi connectivity index (χ1) is 17.7. The number of hydrazone groups is 1. The molecule has 2 amide bonds. The van der Waals surface area contributed by atoms with Crippen LogP contribution in [0.3, 0.4) is 0 Å². The van der Waals surface area contributed by atoms with Crippen LogP contribution in [0.4, 0.5) is 11.4 Å². The fraction of sp³-hybridized carbons (Fsp3) is 0.192. The first-order valence-corrected chi connectivity index (χ1v) is 13.0. The molecule has 0 aliphatic rings. The molecule has 0 unspecified atom stereocenters. The molecule has 0 atom stereocenters. The van der Waals surface area contributed by atoms with Gasteiger partial charge in [-0.3, -0.25) is 13.9 Å². The molecule has 0 heterocycles. The minimum Gasteiger partial charge on any atom is -0.495 e. The van der Waals surface area contributed by atoms with E-state index in [1.54, 1.807) is 48.5 Å². The van der Waals surface area contributed by atoms with Crippen LogP contribution in [-0.2, 0) is 19.6 Å². The van der Waals surface area contributed by atoms with E-state index < -0.39 is 22.5 Å². The van der Waals surface area contributed by atoms with Crippen LogP contribution >= 0.6 is 0 Å². The summed E-state index contributed by atoms with van der Waals surface area (Å²) in [6.45, 7) is 1.33. The molecule has 0 saturated carbocycles. The number of rotatable bonds is 11. The average molecular weight is 525 g/mol. The third kappa shape index (κ3) is 8.36. The van der Waals surface area contributed by atoms with Crippen LogP contribution in [0.15, 0.2) is 77.9 Å². The number of amides is 2. The van der Waals surface area contributed by atoms with Gasteiger partial charge in [0.2, 0.25) is 10.0 Å². The van der Waals surface area contributed by atoms with Crippen molar-refractivity contribution in [3.63, 3.8) is 0 Å². The number of hydrogen-bond donors (Lipinski definition) is 2. The summed E-state index contributed by atoms with van der Waals surface area (Å²) >= 11 is 0. The van der Waals surface area contributed by atoms with Gasteiger partial charge in [0.25, 0.3) is 11.8 Å². The van der Waals surface area contributed by atoms with E-state index in [0.717, 1.165) is 16.1 Å². The molecular weight excluding hydrogens is 496 g/mol. The van der Waals surface area contributed by atoms with Crippen LogP contribution in [0, 0.1) is 6.92 Å². The van der Waals surface area contributed by atoms with Crippen LogP contribution in [0.5, 0.6) is 11.5 Å². The topological polar surface area (TPSA) is 126 Å². The number of ether oxygens (including phenoxy) is 2. The van der Waals surface area contributed by atoms with Gasteiger partial charge in [-0.1, -0.05) is 29.8 Å². The van der Waals surface area contributed by atoms with Crippen molar-refractivity contribution in [2.24, 2.45) is 5.10 Å². The SMILES string of the molecule is COc1ccccc1N(CC(=O)N/N=C/c1ccc(OCC(=O)Nc2ccc(C)cc2)cc1)S(C)(=O)=O. The van der Waals surface area contributed by atoms with Gasteiger partial charge in [-0.15, -0.1) is 0 Å². The second-order valence-corrected chi connectivity index (χ2v) is 9.91. The monoisotopic (exact) mass is 524 g/mol. The van der Waals surface area contributed by atoms with Gasteiger partial charge in [-0.2, -0.15) is 5.10 Å². The highest BCUT2D eigenvalue weighted by molar-refractivity contribution is 7.92. The van der Waals surface area contributed by atoms with Gasteiger partial charge < -0.3 is 14.8 Å². The van der Waals surface area contributed by atoms with Gasteiger partial charge >= 0.3 is 0 Å². The zero-order valence-corrected chi connectivity index (χ0v) is 21.5. The Bertz CT molecular complexity index is 1360. The van der Waals surface area contributed by atoms with Gasteiger partial charge in [-0.25, -0.2) is 13.8 Å². The number of nitrogens with one attached hydrogen (secondary N) is 2. The Balaban J connectivity index is 1.51. The Morgan fingerprint density at radius 3 is 2.30 bits per heavy atom. The van der Waals surface area contributed by atoms with E-state index in [2.05, 4.69) is 15.8 Å². The van der Waals surface area contributed by atoms with Crippen molar-refractivity contribution in [3.05, 3.63) is 83.9 Å². The Morgan fingerprint density at radius 1 is 0.973 bits per heavy atom. The van der Waals surface area contributed by atoms with Crippen molar-refractivity contribution in [3.8, 4) is 11.5 Å². The molecule has 0 fully saturated rings. The van der Waals surface area contributed by atoms with E-state index in [0.29, 0.717) is 22.7 Å². The van der Waals surface area contributed by atoms with Crippen molar-refractivity contribution in [2.75, 3.05) is 36.1 Å². The van der Waals surface area contributed by atoms with Crippen LogP contribution < -0.4 is 24.5 Å². The molecule has 0 radical (unpaired) electrons. The number of sulfonamides is 1. The molecule has 11 heteroatoms. The molecule has 0 bridgehead atoms. The van der Waals surface area contributed by atoms with Crippen LogP contribution in [0.2, 0.25) is 0 Å². The molecule has 194 valence electrons. The Morgan fingerprint density at radius 2 is 1.65 bits per heavy atom. The first-order valence-electron chi connectivity index (χ1n) is 11.2. The number of aryl methyl sites for hydroxylation is 1. The van der Waals surface area contributed by atoms with Crippen LogP contribution in [0.25, 0.3) is 0 Å².